The fourth-order valence-electron chi connectivity index (χ4n) is 2.73. The summed E-state index contributed by atoms with van der Waals surface area (Å²) < 4.78 is 11.5. The summed E-state index contributed by atoms with van der Waals surface area (Å²) in [6.45, 7) is 2.00. The fraction of sp³-hybridized carbons (Fsp3) is 0.190. The maximum absolute atomic E-state index is 12.7. The highest BCUT2D eigenvalue weighted by atomic mass is 79.9. The lowest BCUT2D eigenvalue weighted by atomic mass is 10.2. The van der Waals surface area contributed by atoms with Gasteiger partial charge in [0, 0.05) is 4.47 Å². The molecule has 0 unspecified atom stereocenters. The molecule has 3 rings (SSSR count). The standard InChI is InChI=1S/C21H19BrN2O5S/c1-3-29-16-9-8-13(10-17(16)28-2)11-18-20(26)24(21(27)30-18)12-19(25)23-15-7-5-4-6-14(15)22/h4-11H,3,12H2,1-2H3,(H,23,25)/b18-11+. The van der Waals surface area contributed by atoms with Gasteiger partial charge in [0.15, 0.2) is 11.5 Å². The van der Waals surface area contributed by atoms with Gasteiger partial charge in [-0.1, -0.05) is 18.2 Å². The molecule has 1 saturated heterocycles. The number of para-hydroxylation sites is 1. The third-order valence-corrected chi connectivity index (χ3v) is 5.71. The van der Waals surface area contributed by atoms with Gasteiger partial charge < -0.3 is 14.8 Å². The van der Waals surface area contributed by atoms with Gasteiger partial charge in [0.1, 0.15) is 6.54 Å². The Morgan fingerprint density at radius 1 is 1.20 bits per heavy atom. The third-order valence-electron chi connectivity index (χ3n) is 4.11. The van der Waals surface area contributed by atoms with Crippen molar-refractivity contribution in [3.05, 3.63) is 57.4 Å². The molecule has 3 amide bonds. The molecular formula is C21H19BrN2O5S. The van der Waals surface area contributed by atoms with E-state index in [4.69, 9.17) is 9.47 Å². The fourth-order valence-corrected chi connectivity index (χ4v) is 3.95. The monoisotopic (exact) mass is 490 g/mol. The van der Waals surface area contributed by atoms with Crippen LogP contribution in [-0.2, 0) is 9.59 Å². The molecule has 1 N–H and O–H groups in total. The molecule has 1 heterocycles. The zero-order valence-corrected chi connectivity index (χ0v) is 18.7. The first-order valence-electron chi connectivity index (χ1n) is 9.03. The highest BCUT2D eigenvalue weighted by Crippen LogP contribution is 2.34. The smallest absolute Gasteiger partial charge is 0.294 e. The van der Waals surface area contributed by atoms with E-state index in [9.17, 15) is 14.4 Å². The Kier molecular flexibility index (Phi) is 7.17. The molecule has 0 atom stereocenters. The summed E-state index contributed by atoms with van der Waals surface area (Å²) in [6, 6.07) is 12.3. The van der Waals surface area contributed by atoms with E-state index in [2.05, 4.69) is 21.2 Å². The minimum atomic E-state index is -0.514. The minimum absolute atomic E-state index is 0.236. The van der Waals surface area contributed by atoms with Gasteiger partial charge >= 0.3 is 0 Å². The van der Waals surface area contributed by atoms with Crippen LogP contribution in [0.15, 0.2) is 51.8 Å². The molecule has 1 aliphatic heterocycles. The van der Waals surface area contributed by atoms with Crippen molar-refractivity contribution in [2.45, 2.75) is 6.92 Å². The summed E-state index contributed by atoms with van der Waals surface area (Å²) in [5.41, 5.74) is 1.24. The average molecular weight is 491 g/mol. The summed E-state index contributed by atoms with van der Waals surface area (Å²) >= 11 is 4.13. The van der Waals surface area contributed by atoms with Crippen LogP contribution in [0.3, 0.4) is 0 Å². The molecule has 0 bridgehead atoms. The van der Waals surface area contributed by atoms with Crippen molar-refractivity contribution in [1.29, 1.82) is 0 Å². The molecule has 9 heteroatoms. The van der Waals surface area contributed by atoms with Gasteiger partial charge in [0.25, 0.3) is 11.1 Å². The van der Waals surface area contributed by atoms with E-state index in [0.717, 1.165) is 16.7 Å². The number of carbonyl (C=O) groups excluding carboxylic acids is 3. The third kappa shape index (κ3) is 5.03. The van der Waals surface area contributed by atoms with Gasteiger partial charge in [0.05, 0.1) is 24.3 Å². The number of hydrogen-bond acceptors (Lipinski definition) is 6. The number of rotatable bonds is 7. The Morgan fingerprint density at radius 3 is 2.67 bits per heavy atom. The Bertz CT molecular complexity index is 1020. The van der Waals surface area contributed by atoms with Crippen LogP contribution in [0.25, 0.3) is 6.08 Å². The molecule has 30 heavy (non-hydrogen) atoms. The summed E-state index contributed by atoms with van der Waals surface area (Å²) in [6.07, 6.45) is 1.59. The number of nitrogens with zero attached hydrogens (tertiary/aromatic N) is 1. The van der Waals surface area contributed by atoms with Crippen molar-refractivity contribution in [2.24, 2.45) is 0 Å². The van der Waals surface area contributed by atoms with Crippen LogP contribution in [0, 0.1) is 0 Å². The van der Waals surface area contributed by atoms with Crippen molar-refractivity contribution in [3.63, 3.8) is 0 Å². The van der Waals surface area contributed by atoms with Gasteiger partial charge in [-0.3, -0.25) is 19.3 Å². The van der Waals surface area contributed by atoms with Crippen LogP contribution >= 0.6 is 27.7 Å². The number of carbonyl (C=O) groups is 3. The number of halogens is 1. The van der Waals surface area contributed by atoms with Gasteiger partial charge in [-0.25, -0.2) is 0 Å². The highest BCUT2D eigenvalue weighted by molar-refractivity contribution is 9.10. The van der Waals surface area contributed by atoms with Gasteiger partial charge in [-0.2, -0.15) is 0 Å². The van der Waals surface area contributed by atoms with E-state index in [1.54, 1.807) is 42.5 Å². The molecule has 0 aliphatic carbocycles. The predicted molar refractivity (Wildman–Crippen MR) is 120 cm³/mol. The Morgan fingerprint density at radius 2 is 1.97 bits per heavy atom. The van der Waals surface area contributed by atoms with Gasteiger partial charge in [0.2, 0.25) is 5.91 Å². The second-order valence-electron chi connectivity index (χ2n) is 6.14. The van der Waals surface area contributed by atoms with Crippen molar-refractivity contribution in [1.82, 2.24) is 4.90 Å². The predicted octanol–water partition coefficient (Wildman–Crippen LogP) is 4.53. The first-order valence-corrected chi connectivity index (χ1v) is 10.6. The molecule has 2 aromatic carbocycles. The van der Waals surface area contributed by atoms with Crippen molar-refractivity contribution < 1.29 is 23.9 Å². The molecule has 0 saturated carbocycles. The largest absolute Gasteiger partial charge is 0.493 e. The zero-order valence-electron chi connectivity index (χ0n) is 16.3. The summed E-state index contributed by atoms with van der Waals surface area (Å²) in [5.74, 6) is 0.139. The van der Waals surface area contributed by atoms with E-state index in [-0.39, 0.29) is 11.4 Å². The van der Waals surface area contributed by atoms with Crippen molar-refractivity contribution >= 4 is 56.5 Å². The second kappa shape index (κ2) is 9.82. The molecule has 2 aromatic rings. The maximum Gasteiger partial charge on any atom is 0.294 e. The number of methoxy groups -OCH3 is 1. The highest BCUT2D eigenvalue weighted by Gasteiger charge is 2.36. The van der Waals surface area contributed by atoms with E-state index in [0.29, 0.717) is 33.8 Å². The first kappa shape index (κ1) is 21.9. The Labute approximate surface area is 186 Å². The lowest BCUT2D eigenvalue weighted by molar-refractivity contribution is -0.127. The molecule has 0 aromatic heterocycles. The van der Waals surface area contributed by atoms with E-state index < -0.39 is 17.1 Å². The van der Waals surface area contributed by atoms with Crippen molar-refractivity contribution in [2.75, 3.05) is 25.6 Å². The molecule has 1 fully saturated rings. The van der Waals surface area contributed by atoms with E-state index >= 15 is 0 Å². The molecule has 1 aliphatic rings. The van der Waals surface area contributed by atoms with Gasteiger partial charge in [-0.15, -0.1) is 0 Å². The topological polar surface area (TPSA) is 84.9 Å². The van der Waals surface area contributed by atoms with Crippen LogP contribution in [0.1, 0.15) is 12.5 Å². The maximum atomic E-state index is 12.7. The number of nitrogens with one attached hydrogen (secondary N) is 1. The molecular weight excluding hydrogens is 472 g/mol. The van der Waals surface area contributed by atoms with E-state index in [1.807, 2.05) is 13.0 Å². The molecule has 7 nitrogen and oxygen atoms in total. The lowest BCUT2D eigenvalue weighted by Crippen LogP contribution is -2.36. The average Bonchev–Trinajstić information content (AvgIpc) is 2.98. The van der Waals surface area contributed by atoms with Crippen LogP contribution in [-0.4, -0.2) is 42.2 Å². The minimum Gasteiger partial charge on any atom is -0.493 e. The summed E-state index contributed by atoms with van der Waals surface area (Å²) in [5, 5.41) is 2.19. The van der Waals surface area contributed by atoms with Crippen molar-refractivity contribution in [3.8, 4) is 11.5 Å². The number of benzene rings is 2. The van der Waals surface area contributed by atoms with Crippen LogP contribution in [0.5, 0.6) is 11.5 Å². The SMILES string of the molecule is CCOc1ccc(/C=C2/SC(=O)N(CC(=O)Nc3ccccc3Br)C2=O)cc1OC. The number of ether oxygens (including phenoxy) is 2. The van der Waals surface area contributed by atoms with Crippen LogP contribution in [0.2, 0.25) is 0 Å². The number of imide groups is 1. The van der Waals surface area contributed by atoms with Crippen LogP contribution in [0.4, 0.5) is 10.5 Å². The van der Waals surface area contributed by atoms with Crippen LogP contribution < -0.4 is 14.8 Å². The molecule has 0 spiro atoms. The summed E-state index contributed by atoms with van der Waals surface area (Å²) in [7, 11) is 1.53. The van der Waals surface area contributed by atoms with Gasteiger partial charge in [-0.05, 0) is 70.5 Å². The first-order chi connectivity index (χ1) is 14.4. The quantitative estimate of drug-likeness (QED) is 0.573. The molecule has 156 valence electrons. The number of hydrogen-bond donors (Lipinski definition) is 1. The summed E-state index contributed by atoms with van der Waals surface area (Å²) in [4.78, 5) is 38.4. The second-order valence-corrected chi connectivity index (χ2v) is 7.99. The number of amides is 3. The Hall–Kier alpha value is -2.78. The molecule has 0 radical (unpaired) electrons. The lowest BCUT2D eigenvalue weighted by Gasteiger charge is -2.13. The number of anilines is 1. The number of thioether (sulfide) groups is 1. The Balaban J connectivity index is 1.73. The zero-order chi connectivity index (χ0) is 21.7. The normalized spacial score (nSPS) is 14.9. The van der Waals surface area contributed by atoms with E-state index in [1.165, 1.54) is 7.11 Å².